The van der Waals surface area contributed by atoms with Gasteiger partial charge in [-0.15, -0.1) is 0 Å². The van der Waals surface area contributed by atoms with Crippen molar-refractivity contribution in [3.8, 4) is 0 Å². The molecule has 4 rings (SSSR count). The number of rotatable bonds is 4. The molecule has 0 spiro atoms. The highest BCUT2D eigenvalue weighted by molar-refractivity contribution is 6.30. The number of urea groups is 1. The summed E-state index contributed by atoms with van der Waals surface area (Å²) in [6, 6.07) is 5.48. The first-order valence-corrected chi connectivity index (χ1v) is 12.9. The predicted molar refractivity (Wildman–Crippen MR) is 129 cm³/mol. The van der Waals surface area contributed by atoms with Crippen LogP contribution in [-0.4, -0.2) is 89.2 Å². The normalized spacial score (nSPS) is 28.1. The van der Waals surface area contributed by atoms with E-state index in [0.29, 0.717) is 49.8 Å². The van der Waals surface area contributed by atoms with Gasteiger partial charge in [-0.05, 0) is 57.2 Å². The van der Waals surface area contributed by atoms with Gasteiger partial charge in [-0.2, -0.15) is 0 Å². The summed E-state index contributed by atoms with van der Waals surface area (Å²) in [5, 5.41) is 14.4. The smallest absolute Gasteiger partial charge is 0.317 e. The Kier molecular flexibility index (Phi) is 7.72. The Morgan fingerprint density at radius 2 is 1.68 bits per heavy atom. The molecule has 34 heavy (non-hydrogen) atoms. The average Bonchev–Trinajstić information content (AvgIpc) is 2.81. The van der Waals surface area contributed by atoms with Crippen LogP contribution in [0.1, 0.15) is 51.5 Å². The molecular formula is C25H37ClF2N4O2. The number of piperidine rings is 1. The minimum atomic E-state index is -2.94. The standard InChI is InChI=1S/C25H37ClF2N4O2/c1-18(2)30-14-16-31(17-15-30)21-4-3-9-25(27,28)22(21)29-23(33)32-12-10-24(34,11-13-32)19-5-7-20(26)8-6-19/h5-8,18,21-22,34H,3-4,9-17H2,1-2H3,(H,29,33). The van der Waals surface area contributed by atoms with Gasteiger partial charge in [-0.3, -0.25) is 9.80 Å². The van der Waals surface area contributed by atoms with Crippen molar-refractivity contribution >= 4 is 17.6 Å². The van der Waals surface area contributed by atoms with Gasteiger partial charge >= 0.3 is 6.03 Å². The number of likely N-dealkylation sites (tertiary alicyclic amines) is 1. The lowest BCUT2D eigenvalue weighted by Crippen LogP contribution is -2.66. The van der Waals surface area contributed by atoms with Crippen LogP contribution >= 0.6 is 11.6 Å². The molecule has 2 saturated heterocycles. The first kappa shape index (κ1) is 25.6. The molecule has 2 atom stereocenters. The number of halogens is 3. The zero-order chi connectivity index (χ0) is 24.5. The Bertz CT molecular complexity index is 838. The van der Waals surface area contributed by atoms with Crippen LogP contribution in [0.3, 0.4) is 0 Å². The molecule has 2 unspecified atom stereocenters. The van der Waals surface area contributed by atoms with E-state index < -0.39 is 23.6 Å². The van der Waals surface area contributed by atoms with Crippen LogP contribution in [0.15, 0.2) is 24.3 Å². The van der Waals surface area contributed by atoms with Gasteiger partial charge in [-0.1, -0.05) is 23.7 Å². The average molecular weight is 499 g/mol. The number of nitrogens with zero attached hydrogens (tertiary/aromatic N) is 3. The Hall–Kier alpha value is -1.48. The van der Waals surface area contributed by atoms with Gasteiger partial charge in [0.15, 0.2) is 0 Å². The largest absolute Gasteiger partial charge is 0.385 e. The van der Waals surface area contributed by atoms with Gasteiger partial charge in [0.2, 0.25) is 0 Å². The molecule has 1 saturated carbocycles. The number of hydrogen-bond donors (Lipinski definition) is 2. The Labute approximate surface area is 206 Å². The summed E-state index contributed by atoms with van der Waals surface area (Å²) in [5.41, 5.74) is -0.286. The van der Waals surface area contributed by atoms with E-state index in [-0.39, 0.29) is 12.5 Å². The maximum Gasteiger partial charge on any atom is 0.317 e. The maximum atomic E-state index is 15.1. The van der Waals surface area contributed by atoms with E-state index >= 15 is 8.78 Å². The van der Waals surface area contributed by atoms with E-state index in [1.807, 2.05) is 0 Å². The number of piperazine rings is 1. The molecule has 3 fully saturated rings. The molecule has 2 heterocycles. The van der Waals surface area contributed by atoms with E-state index in [1.165, 1.54) is 0 Å². The van der Waals surface area contributed by atoms with Crippen molar-refractivity contribution in [2.45, 2.75) is 75.6 Å². The number of nitrogens with one attached hydrogen (secondary N) is 1. The lowest BCUT2D eigenvalue weighted by atomic mass is 9.84. The lowest BCUT2D eigenvalue weighted by molar-refractivity contribution is -0.0979. The summed E-state index contributed by atoms with van der Waals surface area (Å²) in [5.74, 6) is -2.94. The number of hydrogen-bond acceptors (Lipinski definition) is 4. The number of benzene rings is 1. The predicted octanol–water partition coefficient (Wildman–Crippen LogP) is 3.92. The molecule has 9 heteroatoms. The van der Waals surface area contributed by atoms with Gasteiger partial charge in [0.05, 0.1) is 5.60 Å². The fraction of sp³-hybridized carbons (Fsp3) is 0.720. The van der Waals surface area contributed by atoms with E-state index in [9.17, 15) is 9.90 Å². The quantitative estimate of drug-likeness (QED) is 0.660. The number of alkyl halides is 2. The van der Waals surface area contributed by atoms with Crippen LogP contribution in [0.2, 0.25) is 5.02 Å². The Balaban J connectivity index is 1.38. The van der Waals surface area contributed by atoms with Gasteiger partial charge in [-0.25, -0.2) is 13.6 Å². The molecule has 1 aromatic rings. The summed E-state index contributed by atoms with van der Waals surface area (Å²) in [4.78, 5) is 19.1. The Morgan fingerprint density at radius 3 is 2.26 bits per heavy atom. The SMILES string of the molecule is CC(C)N1CCN(C2CCCC(F)(F)C2NC(=O)N2CCC(O)(c3ccc(Cl)cc3)CC2)CC1. The highest BCUT2D eigenvalue weighted by atomic mass is 35.5. The van der Waals surface area contributed by atoms with Gasteiger partial charge in [0.1, 0.15) is 6.04 Å². The van der Waals surface area contributed by atoms with Crippen molar-refractivity contribution in [3.05, 3.63) is 34.9 Å². The third-order valence-electron chi connectivity index (χ3n) is 7.94. The third kappa shape index (κ3) is 5.50. The van der Waals surface area contributed by atoms with Crippen LogP contribution in [0, 0.1) is 0 Å². The molecule has 2 aliphatic heterocycles. The summed E-state index contributed by atoms with van der Waals surface area (Å²) in [6.45, 7) is 8.11. The molecule has 2 N–H and O–H groups in total. The highest BCUT2D eigenvalue weighted by Crippen LogP contribution is 2.37. The van der Waals surface area contributed by atoms with Crippen molar-refractivity contribution in [2.75, 3.05) is 39.3 Å². The molecule has 1 aromatic carbocycles. The fourth-order valence-corrected chi connectivity index (χ4v) is 5.81. The summed E-state index contributed by atoms with van der Waals surface area (Å²) >= 11 is 5.96. The second kappa shape index (κ2) is 10.2. The molecule has 3 aliphatic rings. The van der Waals surface area contributed by atoms with Crippen LogP contribution in [-0.2, 0) is 5.60 Å². The summed E-state index contributed by atoms with van der Waals surface area (Å²) in [6.07, 6.45) is 1.63. The number of carbonyl (C=O) groups excluding carboxylic acids is 1. The summed E-state index contributed by atoms with van der Waals surface area (Å²) < 4.78 is 30.1. The van der Waals surface area contributed by atoms with Crippen molar-refractivity contribution in [1.29, 1.82) is 0 Å². The van der Waals surface area contributed by atoms with E-state index in [2.05, 4.69) is 29.0 Å². The van der Waals surface area contributed by atoms with Crippen molar-refractivity contribution in [3.63, 3.8) is 0 Å². The van der Waals surface area contributed by atoms with E-state index in [0.717, 1.165) is 31.7 Å². The van der Waals surface area contributed by atoms with Crippen LogP contribution < -0.4 is 5.32 Å². The molecule has 6 nitrogen and oxygen atoms in total. The molecule has 2 amide bonds. The first-order chi connectivity index (χ1) is 16.1. The third-order valence-corrected chi connectivity index (χ3v) is 8.19. The van der Waals surface area contributed by atoms with Gasteiger partial charge < -0.3 is 15.3 Å². The van der Waals surface area contributed by atoms with Crippen molar-refractivity contribution in [1.82, 2.24) is 20.0 Å². The van der Waals surface area contributed by atoms with E-state index in [1.54, 1.807) is 29.2 Å². The van der Waals surface area contributed by atoms with Crippen LogP contribution in [0.4, 0.5) is 13.6 Å². The molecule has 0 radical (unpaired) electrons. The van der Waals surface area contributed by atoms with Gasteiger partial charge in [0.25, 0.3) is 5.92 Å². The second-order valence-corrected chi connectivity index (χ2v) is 10.8. The molecule has 0 aromatic heterocycles. The monoisotopic (exact) mass is 498 g/mol. The zero-order valence-electron chi connectivity index (χ0n) is 20.2. The number of carbonyl (C=O) groups is 1. The van der Waals surface area contributed by atoms with Crippen molar-refractivity contribution < 1.29 is 18.7 Å². The summed E-state index contributed by atoms with van der Waals surface area (Å²) in [7, 11) is 0. The first-order valence-electron chi connectivity index (χ1n) is 12.5. The van der Waals surface area contributed by atoms with Crippen LogP contribution in [0.5, 0.6) is 0 Å². The highest BCUT2D eigenvalue weighted by Gasteiger charge is 2.50. The van der Waals surface area contributed by atoms with E-state index in [4.69, 9.17) is 11.6 Å². The topological polar surface area (TPSA) is 59.0 Å². The van der Waals surface area contributed by atoms with Crippen LogP contribution in [0.25, 0.3) is 0 Å². The zero-order valence-corrected chi connectivity index (χ0v) is 20.9. The molecule has 0 bridgehead atoms. The lowest BCUT2D eigenvalue weighted by Gasteiger charge is -2.48. The minimum absolute atomic E-state index is 0.198. The van der Waals surface area contributed by atoms with Gasteiger partial charge in [0, 0.05) is 62.8 Å². The van der Waals surface area contributed by atoms with Crippen molar-refractivity contribution in [2.24, 2.45) is 0 Å². The maximum absolute atomic E-state index is 15.1. The second-order valence-electron chi connectivity index (χ2n) is 10.3. The molecule has 190 valence electrons. The Morgan fingerprint density at radius 1 is 1.06 bits per heavy atom. The number of amides is 2. The minimum Gasteiger partial charge on any atom is -0.385 e. The molecule has 1 aliphatic carbocycles. The fourth-order valence-electron chi connectivity index (χ4n) is 5.68. The number of aliphatic hydroxyl groups is 1. The molecular weight excluding hydrogens is 462 g/mol.